The maximum Gasteiger partial charge on any atom is 0.254 e. The number of rotatable bonds is 3. The van der Waals surface area contributed by atoms with Gasteiger partial charge < -0.3 is 10.0 Å². The average molecular weight is 237 g/mol. The third-order valence-corrected chi connectivity index (χ3v) is 3.30. The molecule has 3 heteroatoms. The molecule has 1 N–H and O–H groups in total. The number of amides is 1. The summed E-state index contributed by atoms with van der Waals surface area (Å²) in [4.78, 5) is 14.1. The molecule has 1 amide bonds. The SMILES string of the molecule is CCN(CC)C(=O)C1=C(O)C=C(C)CC1(C)C. The van der Waals surface area contributed by atoms with Crippen LogP contribution in [0.5, 0.6) is 0 Å². The van der Waals surface area contributed by atoms with E-state index in [4.69, 9.17) is 0 Å². The fraction of sp³-hybridized carbons (Fsp3) is 0.643. The molecule has 0 radical (unpaired) electrons. The number of hydrogen-bond donors (Lipinski definition) is 1. The summed E-state index contributed by atoms with van der Waals surface area (Å²) in [6.45, 7) is 11.3. The molecule has 0 aromatic heterocycles. The van der Waals surface area contributed by atoms with Gasteiger partial charge in [-0.1, -0.05) is 19.4 Å². The standard InChI is InChI=1S/C14H23NO2/c1-6-15(7-2)13(17)12-11(16)8-10(3)9-14(12,4)5/h8,16H,6-7,9H2,1-5H3. The van der Waals surface area contributed by atoms with Crippen molar-refractivity contribution in [3.63, 3.8) is 0 Å². The third-order valence-electron chi connectivity index (χ3n) is 3.30. The number of hydrogen-bond acceptors (Lipinski definition) is 2. The van der Waals surface area contributed by atoms with Crippen molar-refractivity contribution in [2.75, 3.05) is 13.1 Å². The molecule has 0 saturated carbocycles. The molecule has 0 unspecified atom stereocenters. The van der Waals surface area contributed by atoms with Crippen molar-refractivity contribution in [3.8, 4) is 0 Å². The number of aliphatic hydroxyl groups is 1. The molecule has 0 aromatic carbocycles. The topological polar surface area (TPSA) is 40.5 Å². The first-order valence-corrected chi connectivity index (χ1v) is 6.23. The van der Waals surface area contributed by atoms with Crippen molar-refractivity contribution >= 4 is 5.91 Å². The molecule has 0 heterocycles. The quantitative estimate of drug-likeness (QED) is 0.819. The van der Waals surface area contributed by atoms with E-state index in [-0.39, 0.29) is 17.1 Å². The summed E-state index contributed by atoms with van der Waals surface area (Å²) < 4.78 is 0. The molecule has 0 bridgehead atoms. The Balaban J connectivity index is 3.17. The van der Waals surface area contributed by atoms with Crippen molar-refractivity contribution < 1.29 is 9.90 Å². The number of carbonyl (C=O) groups is 1. The van der Waals surface area contributed by atoms with Gasteiger partial charge in [0, 0.05) is 18.5 Å². The van der Waals surface area contributed by atoms with Gasteiger partial charge in [-0.2, -0.15) is 0 Å². The van der Waals surface area contributed by atoms with E-state index in [9.17, 15) is 9.90 Å². The molecule has 96 valence electrons. The predicted molar refractivity (Wildman–Crippen MR) is 69.7 cm³/mol. The van der Waals surface area contributed by atoms with Crippen LogP contribution in [-0.2, 0) is 4.79 Å². The zero-order valence-electron chi connectivity index (χ0n) is 11.5. The highest BCUT2D eigenvalue weighted by atomic mass is 16.3. The zero-order valence-corrected chi connectivity index (χ0v) is 11.5. The van der Waals surface area contributed by atoms with Gasteiger partial charge in [0.1, 0.15) is 5.76 Å². The molecule has 0 atom stereocenters. The number of aliphatic hydroxyl groups excluding tert-OH is 1. The lowest BCUT2D eigenvalue weighted by Crippen LogP contribution is -2.38. The van der Waals surface area contributed by atoms with Crippen LogP contribution in [-0.4, -0.2) is 29.0 Å². The zero-order chi connectivity index (χ0) is 13.2. The van der Waals surface area contributed by atoms with Crippen LogP contribution in [0.4, 0.5) is 0 Å². The second-order valence-corrected chi connectivity index (χ2v) is 5.29. The van der Waals surface area contributed by atoms with Crippen LogP contribution in [0.3, 0.4) is 0 Å². The van der Waals surface area contributed by atoms with Crippen molar-refractivity contribution in [1.29, 1.82) is 0 Å². The minimum atomic E-state index is -0.289. The summed E-state index contributed by atoms with van der Waals surface area (Å²) in [6.07, 6.45) is 2.53. The molecule has 17 heavy (non-hydrogen) atoms. The molecule has 0 fully saturated rings. The van der Waals surface area contributed by atoms with Gasteiger partial charge in [0.15, 0.2) is 0 Å². The first kappa shape index (κ1) is 13.8. The Labute approximate surface area is 104 Å². The molecule has 3 nitrogen and oxygen atoms in total. The van der Waals surface area contributed by atoms with E-state index in [0.29, 0.717) is 18.7 Å². The summed E-state index contributed by atoms with van der Waals surface area (Å²) in [5.41, 5.74) is 1.37. The van der Waals surface area contributed by atoms with Crippen LogP contribution in [0.2, 0.25) is 0 Å². The van der Waals surface area contributed by atoms with Crippen molar-refractivity contribution in [3.05, 3.63) is 23.0 Å². The van der Waals surface area contributed by atoms with E-state index in [1.54, 1.807) is 11.0 Å². The fourth-order valence-corrected chi connectivity index (χ4v) is 2.56. The van der Waals surface area contributed by atoms with Gasteiger partial charge in [-0.15, -0.1) is 0 Å². The smallest absolute Gasteiger partial charge is 0.254 e. The molecule has 0 saturated heterocycles. The minimum absolute atomic E-state index is 0.0405. The number of carbonyl (C=O) groups excluding carboxylic acids is 1. The van der Waals surface area contributed by atoms with E-state index in [0.717, 1.165) is 12.0 Å². The summed E-state index contributed by atoms with van der Waals surface area (Å²) in [7, 11) is 0. The van der Waals surface area contributed by atoms with Crippen LogP contribution in [0, 0.1) is 5.41 Å². The van der Waals surface area contributed by atoms with Crippen LogP contribution in [0.1, 0.15) is 41.0 Å². The first-order valence-electron chi connectivity index (χ1n) is 6.23. The maximum absolute atomic E-state index is 12.4. The molecule has 1 aliphatic rings. The Hall–Kier alpha value is -1.25. The largest absolute Gasteiger partial charge is 0.507 e. The first-order chi connectivity index (χ1) is 7.83. The van der Waals surface area contributed by atoms with Gasteiger partial charge in [-0.05, 0) is 33.3 Å². The monoisotopic (exact) mass is 237 g/mol. The van der Waals surface area contributed by atoms with Crippen molar-refractivity contribution in [2.24, 2.45) is 5.41 Å². The van der Waals surface area contributed by atoms with Crippen molar-refractivity contribution in [1.82, 2.24) is 4.90 Å². The highest BCUT2D eigenvalue weighted by Crippen LogP contribution is 2.39. The van der Waals surface area contributed by atoms with E-state index < -0.39 is 0 Å². The average Bonchev–Trinajstić information content (AvgIpc) is 2.15. The summed E-state index contributed by atoms with van der Waals surface area (Å²) in [5.74, 6) is 0.0944. The van der Waals surface area contributed by atoms with Gasteiger partial charge in [0.2, 0.25) is 0 Å². The Morgan fingerprint density at radius 2 is 1.94 bits per heavy atom. The van der Waals surface area contributed by atoms with Gasteiger partial charge in [-0.3, -0.25) is 4.79 Å². The lowest BCUT2D eigenvalue weighted by molar-refractivity contribution is -0.128. The van der Waals surface area contributed by atoms with Crippen LogP contribution in [0.15, 0.2) is 23.0 Å². The number of nitrogens with zero attached hydrogens (tertiary/aromatic N) is 1. The molecule has 0 spiro atoms. The lowest BCUT2D eigenvalue weighted by Gasteiger charge is -2.34. The minimum Gasteiger partial charge on any atom is -0.507 e. The molecule has 0 aliphatic heterocycles. The summed E-state index contributed by atoms with van der Waals surface area (Å²) in [6, 6.07) is 0. The second-order valence-electron chi connectivity index (χ2n) is 5.29. The number of allylic oxidation sites excluding steroid dienone is 2. The molecule has 0 aromatic rings. The van der Waals surface area contributed by atoms with E-state index >= 15 is 0 Å². The van der Waals surface area contributed by atoms with Gasteiger partial charge in [0.25, 0.3) is 5.91 Å². The normalized spacial score (nSPS) is 19.0. The van der Waals surface area contributed by atoms with Crippen molar-refractivity contribution in [2.45, 2.75) is 41.0 Å². The summed E-state index contributed by atoms with van der Waals surface area (Å²) in [5, 5.41) is 10.0. The van der Waals surface area contributed by atoms with Gasteiger partial charge in [-0.25, -0.2) is 0 Å². The molecular formula is C14H23NO2. The Kier molecular flexibility index (Phi) is 4.02. The second kappa shape index (κ2) is 4.94. The molecule has 1 aliphatic carbocycles. The highest BCUT2D eigenvalue weighted by Gasteiger charge is 2.36. The van der Waals surface area contributed by atoms with Crippen LogP contribution in [0.25, 0.3) is 0 Å². The highest BCUT2D eigenvalue weighted by molar-refractivity contribution is 5.96. The van der Waals surface area contributed by atoms with Gasteiger partial charge in [0.05, 0.1) is 5.57 Å². The van der Waals surface area contributed by atoms with E-state index in [1.165, 1.54) is 0 Å². The maximum atomic E-state index is 12.4. The third kappa shape index (κ3) is 2.71. The fourth-order valence-electron chi connectivity index (χ4n) is 2.56. The van der Waals surface area contributed by atoms with Crippen LogP contribution >= 0.6 is 0 Å². The van der Waals surface area contributed by atoms with E-state index in [2.05, 4.69) is 0 Å². The summed E-state index contributed by atoms with van der Waals surface area (Å²) >= 11 is 0. The number of likely N-dealkylation sites (N-methyl/N-ethyl adjacent to an activating group) is 1. The Bertz CT molecular complexity index is 374. The lowest BCUT2D eigenvalue weighted by atomic mass is 9.74. The van der Waals surface area contributed by atoms with E-state index in [1.807, 2.05) is 34.6 Å². The Morgan fingerprint density at radius 1 is 1.41 bits per heavy atom. The molecule has 1 rings (SSSR count). The Morgan fingerprint density at radius 3 is 2.35 bits per heavy atom. The predicted octanol–water partition coefficient (Wildman–Crippen LogP) is 3.04. The van der Waals surface area contributed by atoms with Gasteiger partial charge >= 0.3 is 0 Å². The molecular weight excluding hydrogens is 214 g/mol. The van der Waals surface area contributed by atoms with Crippen LogP contribution < -0.4 is 0 Å².